The summed E-state index contributed by atoms with van der Waals surface area (Å²) in [7, 11) is 1.18. The predicted molar refractivity (Wildman–Crippen MR) is 97.4 cm³/mol. The van der Waals surface area contributed by atoms with E-state index in [9.17, 15) is 19.2 Å². The summed E-state index contributed by atoms with van der Waals surface area (Å²) in [5.74, 6) is -2.32. The SMILES string of the molecule is COC(=O)CN1C(=O)S/C(=C/c2cccn2-c2cccc(C(=O)O)c2)C1=O. The summed E-state index contributed by atoms with van der Waals surface area (Å²) in [5.41, 5.74) is 1.31. The van der Waals surface area contributed by atoms with E-state index in [0.717, 1.165) is 16.7 Å². The highest BCUT2D eigenvalue weighted by atomic mass is 32.2. The number of esters is 1. The number of methoxy groups -OCH3 is 1. The van der Waals surface area contributed by atoms with E-state index >= 15 is 0 Å². The van der Waals surface area contributed by atoms with Gasteiger partial charge in [-0.3, -0.25) is 19.3 Å². The van der Waals surface area contributed by atoms with E-state index < -0.39 is 29.6 Å². The Hall–Kier alpha value is -3.33. The van der Waals surface area contributed by atoms with Crippen LogP contribution in [0.2, 0.25) is 0 Å². The van der Waals surface area contributed by atoms with Crippen molar-refractivity contribution in [3.63, 3.8) is 0 Å². The van der Waals surface area contributed by atoms with Gasteiger partial charge in [0.2, 0.25) is 0 Å². The first-order valence-electron chi connectivity index (χ1n) is 7.74. The third kappa shape index (κ3) is 3.77. The van der Waals surface area contributed by atoms with E-state index in [4.69, 9.17) is 5.11 Å². The Morgan fingerprint density at radius 3 is 2.70 bits per heavy atom. The Bertz CT molecular complexity index is 978. The maximum absolute atomic E-state index is 12.4. The fraction of sp³-hybridized carbons (Fsp3) is 0.111. The zero-order chi connectivity index (χ0) is 19.6. The van der Waals surface area contributed by atoms with Crippen LogP contribution in [0, 0.1) is 0 Å². The van der Waals surface area contributed by atoms with E-state index in [2.05, 4.69) is 4.74 Å². The summed E-state index contributed by atoms with van der Waals surface area (Å²) in [4.78, 5) is 47.9. The molecule has 2 aromatic rings. The molecule has 8 nitrogen and oxygen atoms in total. The number of rotatable bonds is 5. The molecule has 1 N–H and O–H groups in total. The van der Waals surface area contributed by atoms with Crippen molar-refractivity contribution in [2.75, 3.05) is 13.7 Å². The van der Waals surface area contributed by atoms with Gasteiger partial charge < -0.3 is 14.4 Å². The third-order valence-electron chi connectivity index (χ3n) is 3.82. The maximum atomic E-state index is 12.4. The fourth-order valence-corrected chi connectivity index (χ4v) is 3.32. The van der Waals surface area contributed by atoms with Gasteiger partial charge in [0.05, 0.1) is 17.6 Å². The van der Waals surface area contributed by atoms with Crippen LogP contribution in [0.3, 0.4) is 0 Å². The molecule has 27 heavy (non-hydrogen) atoms. The summed E-state index contributed by atoms with van der Waals surface area (Å²) >= 11 is 0.728. The molecule has 1 aliphatic heterocycles. The molecule has 9 heteroatoms. The van der Waals surface area contributed by atoms with Crippen LogP contribution in [0.1, 0.15) is 16.1 Å². The minimum absolute atomic E-state index is 0.130. The molecule has 138 valence electrons. The monoisotopic (exact) mass is 386 g/mol. The number of amides is 2. The van der Waals surface area contributed by atoms with Gasteiger partial charge in [0.25, 0.3) is 11.1 Å². The van der Waals surface area contributed by atoms with E-state index in [1.165, 1.54) is 25.3 Å². The lowest BCUT2D eigenvalue weighted by atomic mass is 10.2. The summed E-state index contributed by atoms with van der Waals surface area (Å²) in [5, 5.41) is 8.59. The summed E-state index contributed by atoms with van der Waals surface area (Å²) in [6, 6.07) is 9.79. The van der Waals surface area contributed by atoms with Crippen molar-refractivity contribution < 1.29 is 29.0 Å². The molecule has 1 saturated heterocycles. The van der Waals surface area contributed by atoms with Crippen LogP contribution in [-0.2, 0) is 14.3 Å². The Labute approximate surface area is 158 Å². The summed E-state index contributed by atoms with van der Waals surface area (Å²) in [6.07, 6.45) is 3.24. The van der Waals surface area contributed by atoms with Gasteiger partial charge in [0.1, 0.15) is 6.54 Å². The number of imide groups is 1. The lowest BCUT2D eigenvalue weighted by Gasteiger charge is -2.10. The zero-order valence-corrected chi connectivity index (χ0v) is 14.9. The molecule has 1 fully saturated rings. The first-order valence-corrected chi connectivity index (χ1v) is 8.55. The standard InChI is InChI=1S/C18H14N2O6S/c1-26-15(21)10-20-16(22)14(27-18(20)25)9-13-6-3-7-19(13)12-5-2-4-11(8-12)17(23)24/h2-9H,10H2,1H3,(H,23,24)/b14-9+. The van der Waals surface area contributed by atoms with Gasteiger partial charge in [0, 0.05) is 17.6 Å². The van der Waals surface area contributed by atoms with Crippen LogP contribution in [0.25, 0.3) is 11.8 Å². The molecule has 0 radical (unpaired) electrons. The number of carboxylic acid groups (broad SMARTS) is 1. The molecular weight excluding hydrogens is 372 g/mol. The minimum Gasteiger partial charge on any atom is -0.478 e. The number of ether oxygens (including phenoxy) is 1. The molecule has 0 atom stereocenters. The van der Waals surface area contributed by atoms with Crippen molar-refractivity contribution >= 4 is 40.9 Å². The number of hydrogen-bond donors (Lipinski definition) is 1. The number of carbonyl (C=O) groups excluding carboxylic acids is 3. The van der Waals surface area contributed by atoms with Crippen molar-refractivity contribution in [1.82, 2.24) is 9.47 Å². The molecule has 0 saturated carbocycles. The maximum Gasteiger partial charge on any atom is 0.335 e. The second kappa shape index (κ2) is 7.50. The number of thioether (sulfide) groups is 1. The quantitative estimate of drug-likeness (QED) is 0.621. The first kappa shape index (κ1) is 18.5. The first-order chi connectivity index (χ1) is 12.9. The Kier molecular flexibility index (Phi) is 5.13. The Morgan fingerprint density at radius 1 is 1.22 bits per heavy atom. The van der Waals surface area contributed by atoms with E-state index in [1.54, 1.807) is 35.0 Å². The van der Waals surface area contributed by atoms with Gasteiger partial charge in [-0.2, -0.15) is 0 Å². The number of aromatic nitrogens is 1. The fourth-order valence-electron chi connectivity index (χ4n) is 2.50. The molecule has 0 aliphatic carbocycles. The van der Waals surface area contributed by atoms with Crippen molar-refractivity contribution in [1.29, 1.82) is 0 Å². The zero-order valence-electron chi connectivity index (χ0n) is 14.1. The molecule has 1 aliphatic rings. The predicted octanol–water partition coefficient (Wildman–Crippen LogP) is 2.38. The number of benzene rings is 1. The molecule has 1 aromatic carbocycles. The van der Waals surface area contributed by atoms with Gasteiger partial charge in [-0.25, -0.2) is 4.79 Å². The molecule has 0 spiro atoms. The lowest BCUT2D eigenvalue weighted by Crippen LogP contribution is -2.34. The smallest absolute Gasteiger partial charge is 0.335 e. The third-order valence-corrected chi connectivity index (χ3v) is 4.73. The highest BCUT2D eigenvalue weighted by Crippen LogP contribution is 2.32. The molecule has 3 rings (SSSR count). The van der Waals surface area contributed by atoms with E-state index in [-0.39, 0.29) is 10.5 Å². The summed E-state index contributed by atoms with van der Waals surface area (Å²) < 4.78 is 6.19. The van der Waals surface area contributed by atoms with Gasteiger partial charge in [-0.05, 0) is 48.2 Å². The molecular formula is C18H14N2O6S. The van der Waals surface area contributed by atoms with Crippen molar-refractivity contribution in [2.45, 2.75) is 0 Å². The topological polar surface area (TPSA) is 106 Å². The Morgan fingerprint density at radius 2 is 2.00 bits per heavy atom. The highest BCUT2D eigenvalue weighted by Gasteiger charge is 2.36. The van der Waals surface area contributed by atoms with Crippen LogP contribution in [0.4, 0.5) is 4.79 Å². The minimum atomic E-state index is -1.05. The lowest BCUT2D eigenvalue weighted by molar-refractivity contribution is -0.143. The van der Waals surface area contributed by atoms with E-state index in [1.807, 2.05) is 0 Å². The Balaban J connectivity index is 1.92. The number of carbonyl (C=O) groups is 4. The van der Waals surface area contributed by atoms with Crippen molar-refractivity contribution in [3.8, 4) is 5.69 Å². The number of carboxylic acids is 1. The van der Waals surface area contributed by atoms with Crippen LogP contribution >= 0.6 is 11.8 Å². The average molecular weight is 386 g/mol. The highest BCUT2D eigenvalue weighted by molar-refractivity contribution is 8.18. The van der Waals surface area contributed by atoms with Crippen LogP contribution in [-0.4, -0.2) is 51.3 Å². The molecule has 1 aromatic heterocycles. The van der Waals surface area contributed by atoms with Gasteiger partial charge in [-0.1, -0.05) is 6.07 Å². The van der Waals surface area contributed by atoms with Gasteiger partial charge in [0.15, 0.2) is 0 Å². The average Bonchev–Trinajstić information content (AvgIpc) is 3.22. The normalized spacial score (nSPS) is 15.4. The van der Waals surface area contributed by atoms with Crippen LogP contribution in [0.5, 0.6) is 0 Å². The second-order valence-corrected chi connectivity index (χ2v) is 6.50. The second-order valence-electron chi connectivity index (χ2n) is 5.50. The molecule has 2 amide bonds. The molecule has 0 bridgehead atoms. The summed E-state index contributed by atoms with van der Waals surface area (Å²) in [6.45, 7) is -0.444. The molecule has 2 heterocycles. The number of hydrogen-bond acceptors (Lipinski definition) is 6. The van der Waals surface area contributed by atoms with Gasteiger partial charge in [-0.15, -0.1) is 0 Å². The van der Waals surface area contributed by atoms with Crippen molar-refractivity contribution in [3.05, 3.63) is 58.8 Å². The van der Waals surface area contributed by atoms with E-state index in [0.29, 0.717) is 11.4 Å². The number of nitrogens with zero attached hydrogens (tertiary/aromatic N) is 2. The molecule has 0 unspecified atom stereocenters. The van der Waals surface area contributed by atoms with Crippen LogP contribution in [0.15, 0.2) is 47.5 Å². The van der Waals surface area contributed by atoms with Crippen LogP contribution < -0.4 is 0 Å². The van der Waals surface area contributed by atoms with Gasteiger partial charge >= 0.3 is 11.9 Å². The number of aromatic carboxylic acids is 1. The van der Waals surface area contributed by atoms with Crippen molar-refractivity contribution in [2.24, 2.45) is 0 Å². The largest absolute Gasteiger partial charge is 0.478 e.